The van der Waals surface area contributed by atoms with Crippen LogP contribution in [0.1, 0.15) is 20.3 Å². The van der Waals surface area contributed by atoms with E-state index in [0.717, 1.165) is 31.7 Å². The molecule has 4 nitrogen and oxygen atoms in total. The Morgan fingerprint density at radius 3 is 2.38 bits per heavy atom. The number of carboxylic acid groups (broad SMARTS) is 1. The number of carbonyl (C=O) groups is 1. The van der Waals surface area contributed by atoms with Crippen LogP contribution >= 0.6 is 0 Å². The molecular formula is C21H27N2NaO2. The number of anilines is 1. The molecule has 1 fully saturated rings. The van der Waals surface area contributed by atoms with E-state index in [2.05, 4.69) is 34.5 Å². The van der Waals surface area contributed by atoms with E-state index >= 15 is 0 Å². The third kappa shape index (κ3) is 4.89. The maximum absolute atomic E-state index is 12.1. The van der Waals surface area contributed by atoms with Gasteiger partial charge in [-0.2, -0.15) is 0 Å². The largest absolute Gasteiger partial charge is 1.00 e. The molecule has 0 saturated carbocycles. The molecule has 1 aliphatic heterocycles. The van der Waals surface area contributed by atoms with Gasteiger partial charge in [-0.1, -0.05) is 55.5 Å². The topological polar surface area (TPSA) is 52.6 Å². The summed E-state index contributed by atoms with van der Waals surface area (Å²) in [6.45, 7) is 4.59. The third-order valence-electron chi connectivity index (χ3n) is 5.28. The van der Waals surface area contributed by atoms with Crippen molar-refractivity contribution in [3.63, 3.8) is 0 Å². The Bertz CT molecular complexity index is 702. The van der Waals surface area contributed by atoms with Crippen molar-refractivity contribution in [3.8, 4) is 0 Å². The fraction of sp³-hybridized carbons (Fsp3) is 0.381. The Morgan fingerprint density at radius 2 is 1.81 bits per heavy atom. The first-order valence-electron chi connectivity index (χ1n) is 8.93. The van der Waals surface area contributed by atoms with E-state index < -0.39 is 11.5 Å². The zero-order valence-electron chi connectivity index (χ0n) is 16.7. The molecule has 1 aliphatic rings. The van der Waals surface area contributed by atoms with Crippen LogP contribution in [0.3, 0.4) is 0 Å². The number of hydrogen-bond acceptors (Lipinski definition) is 3. The predicted molar refractivity (Wildman–Crippen MR) is 102 cm³/mol. The average Bonchev–Trinajstić information content (AvgIpc) is 2.63. The number of carboxylic acids is 1. The minimum atomic E-state index is -0.898. The van der Waals surface area contributed by atoms with Gasteiger partial charge in [0.25, 0.3) is 0 Å². The number of rotatable bonds is 6. The van der Waals surface area contributed by atoms with E-state index in [1.807, 2.05) is 43.3 Å². The van der Waals surface area contributed by atoms with Crippen molar-refractivity contribution in [1.82, 2.24) is 4.90 Å². The molecule has 0 aromatic heterocycles. The molecule has 3 rings (SSSR count). The standard InChI is InChI=1S/C21H26N2O2.Na.H/c1-17-16-23(14-12-18-8-4-2-5-9-18)15-13-21(17,20(24)25)22-19-10-6-3-7-11-19;;/h2-11,17,22H,12-16H2,1H3,(H,24,25);;/q;+1;-1. The van der Waals surface area contributed by atoms with Crippen molar-refractivity contribution < 1.29 is 40.9 Å². The normalized spacial score (nSPS) is 23.0. The van der Waals surface area contributed by atoms with Gasteiger partial charge in [0.1, 0.15) is 5.54 Å². The molecule has 2 N–H and O–H groups in total. The smallest absolute Gasteiger partial charge is 1.00 e. The number of likely N-dealkylation sites (tertiary alicyclic amines) is 1. The Hall–Kier alpha value is -1.33. The Labute approximate surface area is 179 Å². The summed E-state index contributed by atoms with van der Waals surface area (Å²) in [5.41, 5.74) is 1.30. The summed E-state index contributed by atoms with van der Waals surface area (Å²) in [6, 6.07) is 20.1. The van der Waals surface area contributed by atoms with Crippen molar-refractivity contribution in [2.45, 2.75) is 25.3 Å². The number of aliphatic carboxylic acids is 1. The van der Waals surface area contributed by atoms with Crippen LogP contribution in [0, 0.1) is 5.92 Å². The van der Waals surface area contributed by atoms with Gasteiger partial charge in [0.15, 0.2) is 0 Å². The molecular weight excluding hydrogens is 335 g/mol. The molecule has 0 amide bonds. The van der Waals surface area contributed by atoms with Crippen molar-refractivity contribution in [2.75, 3.05) is 25.0 Å². The van der Waals surface area contributed by atoms with Crippen molar-refractivity contribution in [3.05, 3.63) is 66.2 Å². The molecule has 0 radical (unpaired) electrons. The van der Waals surface area contributed by atoms with Crippen LogP contribution in [-0.2, 0) is 11.2 Å². The van der Waals surface area contributed by atoms with Crippen LogP contribution in [0.5, 0.6) is 0 Å². The van der Waals surface area contributed by atoms with Gasteiger partial charge in [-0.05, 0) is 30.5 Å². The average molecular weight is 362 g/mol. The maximum atomic E-state index is 12.1. The van der Waals surface area contributed by atoms with Gasteiger partial charge in [0, 0.05) is 31.2 Å². The molecule has 2 unspecified atom stereocenters. The van der Waals surface area contributed by atoms with Crippen LogP contribution in [0.4, 0.5) is 5.69 Å². The minimum absolute atomic E-state index is 0. The van der Waals surface area contributed by atoms with Crippen molar-refractivity contribution in [2.24, 2.45) is 5.92 Å². The summed E-state index contributed by atoms with van der Waals surface area (Å²) in [5, 5.41) is 13.2. The SMILES string of the molecule is CC1CN(CCc2ccccc2)CCC1(Nc1ccccc1)C(=O)O.[H-].[Na+]. The van der Waals surface area contributed by atoms with Crippen LogP contribution in [0.15, 0.2) is 60.7 Å². The minimum Gasteiger partial charge on any atom is -1.00 e. The number of piperidine rings is 1. The number of hydrogen-bond donors (Lipinski definition) is 2. The quantitative estimate of drug-likeness (QED) is 0.740. The summed E-state index contributed by atoms with van der Waals surface area (Å²) in [4.78, 5) is 14.5. The second-order valence-electron chi connectivity index (χ2n) is 6.95. The van der Waals surface area contributed by atoms with E-state index in [1.165, 1.54) is 5.56 Å². The molecule has 1 heterocycles. The molecule has 2 atom stereocenters. The molecule has 26 heavy (non-hydrogen) atoms. The monoisotopic (exact) mass is 362 g/mol. The summed E-state index contributed by atoms with van der Waals surface area (Å²) in [5.74, 6) is -0.735. The van der Waals surface area contributed by atoms with Gasteiger partial charge in [-0.15, -0.1) is 0 Å². The van der Waals surface area contributed by atoms with Crippen LogP contribution in [0.25, 0.3) is 0 Å². The molecule has 0 spiro atoms. The molecule has 0 aliphatic carbocycles. The summed E-state index contributed by atoms with van der Waals surface area (Å²) < 4.78 is 0. The van der Waals surface area contributed by atoms with Crippen LogP contribution in [0.2, 0.25) is 0 Å². The first-order valence-corrected chi connectivity index (χ1v) is 8.93. The van der Waals surface area contributed by atoms with Crippen LogP contribution in [-0.4, -0.2) is 41.1 Å². The Balaban J connectivity index is 0.00000182. The molecule has 2 aromatic rings. The van der Waals surface area contributed by atoms with Gasteiger partial charge in [0.2, 0.25) is 0 Å². The van der Waals surface area contributed by atoms with E-state index in [0.29, 0.717) is 6.42 Å². The fourth-order valence-electron chi connectivity index (χ4n) is 3.69. The first-order chi connectivity index (χ1) is 12.1. The molecule has 134 valence electrons. The number of nitrogens with zero attached hydrogens (tertiary/aromatic N) is 1. The fourth-order valence-corrected chi connectivity index (χ4v) is 3.69. The Kier molecular flexibility index (Phi) is 7.71. The van der Waals surface area contributed by atoms with E-state index in [1.54, 1.807) is 0 Å². The maximum Gasteiger partial charge on any atom is 1.00 e. The third-order valence-corrected chi connectivity index (χ3v) is 5.28. The van der Waals surface area contributed by atoms with Crippen molar-refractivity contribution in [1.29, 1.82) is 0 Å². The van der Waals surface area contributed by atoms with Crippen LogP contribution < -0.4 is 34.9 Å². The van der Waals surface area contributed by atoms with Gasteiger partial charge in [-0.25, -0.2) is 4.79 Å². The predicted octanol–water partition coefficient (Wildman–Crippen LogP) is 0.623. The van der Waals surface area contributed by atoms with E-state index in [9.17, 15) is 9.90 Å². The second kappa shape index (κ2) is 9.56. The zero-order valence-corrected chi connectivity index (χ0v) is 17.7. The van der Waals surface area contributed by atoms with E-state index in [-0.39, 0.29) is 36.9 Å². The van der Waals surface area contributed by atoms with Gasteiger partial charge < -0.3 is 16.7 Å². The van der Waals surface area contributed by atoms with Gasteiger partial charge in [0.05, 0.1) is 0 Å². The second-order valence-corrected chi connectivity index (χ2v) is 6.95. The summed E-state index contributed by atoms with van der Waals surface area (Å²) >= 11 is 0. The summed E-state index contributed by atoms with van der Waals surface area (Å²) in [6.07, 6.45) is 1.60. The van der Waals surface area contributed by atoms with Crippen molar-refractivity contribution >= 4 is 11.7 Å². The number of benzene rings is 2. The number of nitrogens with one attached hydrogen (secondary N) is 1. The number of para-hydroxylation sites is 1. The van der Waals surface area contributed by atoms with E-state index in [4.69, 9.17) is 0 Å². The molecule has 0 bridgehead atoms. The Morgan fingerprint density at radius 1 is 1.19 bits per heavy atom. The molecule has 1 saturated heterocycles. The first kappa shape index (κ1) is 21.0. The summed E-state index contributed by atoms with van der Waals surface area (Å²) in [7, 11) is 0. The van der Waals surface area contributed by atoms with Gasteiger partial charge in [-0.3, -0.25) is 0 Å². The van der Waals surface area contributed by atoms with Gasteiger partial charge >= 0.3 is 35.5 Å². The molecule has 5 heteroatoms. The zero-order chi connectivity index (χ0) is 17.7. The molecule has 2 aromatic carbocycles.